The van der Waals surface area contributed by atoms with E-state index in [1.807, 2.05) is 43.1 Å². The molecule has 0 spiro atoms. The number of hydrogen-bond donors (Lipinski definition) is 1. The molecule has 0 saturated carbocycles. The monoisotopic (exact) mass is 449 g/mol. The standard InChI is InChI=1S/C23H29F2N3O4/c1-16(27(2)15-17-4-9-20(32-23(24)25)21(14-17)30-3)22(29)26-18-5-7-19(8-6-18)28-10-12-31-13-11-28/h4-9,14,16,23H,10-13,15H2,1-3H3,(H,26,29)/t16-/m0/s1. The van der Waals surface area contributed by atoms with Crippen molar-refractivity contribution in [3.8, 4) is 11.5 Å². The van der Waals surface area contributed by atoms with Gasteiger partial charge in [0.25, 0.3) is 0 Å². The molecule has 0 radical (unpaired) electrons. The van der Waals surface area contributed by atoms with Crippen molar-refractivity contribution in [1.29, 1.82) is 0 Å². The highest BCUT2D eigenvalue weighted by molar-refractivity contribution is 5.94. The fraction of sp³-hybridized carbons (Fsp3) is 0.435. The van der Waals surface area contributed by atoms with E-state index in [2.05, 4.69) is 15.0 Å². The maximum atomic E-state index is 12.7. The minimum absolute atomic E-state index is 0.0276. The first kappa shape index (κ1) is 23.7. The summed E-state index contributed by atoms with van der Waals surface area (Å²) in [5, 5.41) is 2.94. The molecule has 0 bridgehead atoms. The zero-order chi connectivity index (χ0) is 23.1. The fourth-order valence-electron chi connectivity index (χ4n) is 3.45. The van der Waals surface area contributed by atoms with Crippen LogP contribution in [0.3, 0.4) is 0 Å². The van der Waals surface area contributed by atoms with Crippen molar-refractivity contribution in [2.45, 2.75) is 26.1 Å². The third-order valence-electron chi connectivity index (χ3n) is 5.43. The van der Waals surface area contributed by atoms with Gasteiger partial charge in [-0.05, 0) is 55.9 Å². The summed E-state index contributed by atoms with van der Waals surface area (Å²) >= 11 is 0. The Bertz CT molecular complexity index is 889. The maximum Gasteiger partial charge on any atom is 0.387 e. The Hall–Kier alpha value is -2.91. The highest BCUT2D eigenvalue weighted by Crippen LogP contribution is 2.30. The number of nitrogens with one attached hydrogen (secondary N) is 1. The fourth-order valence-corrected chi connectivity index (χ4v) is 3.45. The summed E-state index contributed by atoms with van der Waals surface area (Å²) in [7, 11) is 3.21. The molecule has 0 aromatic heterocycles. The van der Waals surface area contributed by atoms with Crippen LogP contribution in [0.5, 0.6) is 11.5 Å². The average molecular weight is 449 g/mol. The normalized spacial score (nSPS) is 15.0. The number of benzene rings is 2. The number of alkyl halides is 2. The smallest absolute Gasteiger partial charge is 0.387 e. The van der Waals surface area contributed by atoms with Crippen molar-refractivity contribution in [2.24, 2.45) is 0 Å². The summed E-state index contributed by atoms with van der Waals surface area (Å²) in [4.78, 5) is 16.8. The predicted octanol–water partition coefficient (Wildman–Crippen LogP) is 3.59. The van der Waals surface area contributed by atoms with Gasteiger partial charge in [-0.25, -0.2) is 0 Å². The van der Waals surface area contributed by atoms with Crippen molar-refractivity contribution in [2.75, 3.05) is 50.7 Å². The number of carbonyl (C=O) groups is 1. The second-order valence-corrected chi connectivity index (χ2v) is 7.59. The minimum Gasteiger partial charge on any atom is -0.493 e. The van der Waals surface area contributed by atoms with E-state index < -0.39 is 12.7 Å². The van der Waals surface area contributed by atoms with Crippen LogP contribution in [0.15, 0.2) is 42.5 Å². The van der Waals surface area contributed by atoms with Crippen LogP contribution in [0.4, 0.5) is 20.2 Å². The molecule has 1 saturated heterocycles. The lowest BCUT2D eigenvalue weighted by atomic mass is 10.1. The van der Waals surface area contributed by atoms with Crippen LogP contribution in [0.2, 0.25) is 0 Å². The zero-order valence-corrected chi connectivity index (χ0v) is 18.5. The van der Waals surface area contributed by atoms with E-state index in [1.165, 1.54) is 13.2 Å². The van der Waals surface area contributed by atoms with Crippen LogP contribution < -0.4 is 19.7 Å². The minimum atomic E-state index is -2.93. The number of halogens is 2. The molecule has 1 N–H and O–H groups in total. The number of hydrogen-bond acceptors (Lipinski definition) is 6. The topological polar surface area (TPSA) is 63.3 Å². The number of morpholine rings is 1. The van der Waals surface area contributed by atoms with E-state index in [0.29, 0.717) is 6.54 Å². The number of carbonyl (C=O) groups excluding carboxylic acids is 1. The highest BCUT2D eigenvalue weighted by atomic mass is 19.3. The van der Waals surface area contributed by atoms with E-state index in [-0.39, 0.29) is 17.4 Å². The number of ether oxygens (including phenoxy) is 3. The predicted molar refractivity (Wildman–Crippen MR) is 119 cm³/mol. The molecule has 32 heavy (non-hydrogen) atoms. The van der Waals surface area contributed by atoms with Crippen LogP contribution in [-0.4, -0.2) is 63.9 Å². The summed E-state index contributed by atoms with van der Waals surface area (Å²) in [6, 6.07) is 12.1. The Morgan fingerprint density at radius 1 is 1.16 bits per heavy atom. The van der Waals surface area contributed by atoms with Gasteiger partial charge in [0.1, 0.15) is 0 Å². The number of likely N-dealkylation sites (N-methyl/N-ethyl adjacent to an activating group) is 1. The Balaban J connectivity index is 1.57. The van der Waals surface area contributed by atoms with Gasteiger partial charge < -0.3 is 24.4 Å². The number of methoxy groups -OCH3 is 1. The van der Waals surface area contributed by atoms with Crippen LogP contribution in [-0.2, 0) is 16.1 Å². The lowest BCUT2D eigenvalue weighted by Gasteiger charge is -2.29. The van der Waals surface area contributed by atoms with Gasteiger partial charge in [0.2, 0.25) is 5.91 Å². The van der Waals surface area contributed by atoms with Crippen molar-refractivity contribution < 1.29 is 27.8 Å². The van der Waals surface area contributed by atoms with E-state index in [9.17, 15) is 13.6 Å². The van der Waals surface area contributed by atoms with Crippen LogP contribution in [0.25, 0.3) is 0 Å². The van der Waals surface area contributed by atoms with E-state index in [0.717, 1.165) is 43.2 Å². The van der Waals surface area contributed by atoms with Crippen LogP contribution >= 0.6 is 0 Å². The molecule has 174 valence electrons. The zero-order valence-electron chi connectivity index (χ0n) is 18.5. The molecule has 3 rings (SSSR count). The van der Waals surface area contributed by atoms with Gasteiger partial charge in [0, 0.05) is 31.0 Å². The van der Waals surface area contributed by atoms with E-state index >= 15 is 0 Å². The van der Waals surface area contributed by atoms with Crippen molar-refractivity contribution in [1.82, 2.24) is 4.90 Å². The summed E-state index contributed by atoms with van der Waals surface area (Å²) in [6.07, 6.45) is 0. The maximum absolute atomic E-state index is 12.7. The first-order chi connectivity index (χ1) is 15.4. The van der Waals surface area contributed by atoms with Gasteiger partial charge in [0.05, 0.1) is 26.4 Å². The first-order valence-corrected chi connectivity index (χ1v) is 10.4. The molecule has 1 heterocycles. The lowest BCUT2D eigenvalue weighted by molar-refractivity contribution is -0.120. The van der Waals surface area contributed by atoms with Crippen molar-refractivity contribution in [3.05, 3.63) is 48.0 Å². The largest absolute Gasteiger partial charge is 0.493 e. The Labute approximate surface area is 186 Å². The molecule has 2 aromatic carbocycles. The summed E-state index contributed by atoms with van der Waals surface area (Å²) in [5.74, 6) is 0.0464. The van der Waals surface area contributed by atoms with Gasteiger partial charge in [-0.2, -0.15) is 8.78 Å². The quantitative estimate of drug-likeness (QED) is 0.631. The summed E-state index contributed by atoms with van der Waals surface area (Å²) < 4.78 is 40.0. The molecule has 7 nitrogen and oxygen atoms in total. The Morgan fingerprint density at radius 2 is 1.84 bits per heavy atom. The Morgan fingerprint density at radius 3 is 2.47 bits per heavy atom. The molecule has 2 aromatic rings. The summed E-state index contributed by atoms with van der Waals surface area (Å²) in [6.45, 7) is 2.45. The van der Waals surface area contributed by atoms with Crippen LogP contribution in [0.1, 0.15) is 12.5 Å². The molecule has 0 aliphatic carbocycles. The third kappa shape index (κ3) is 6.30. The van der Waals surface area contributed by atoms with Crippen LogP contribution in [0, 0.1) is 0 Å². The molecule has 1 fully saturated rings. The van der Waals surface area contributed by atoms with Crippen molar-refractivity contribution in [3.63, 3.8) is 0 Å². The third-order valence-corrected chi connectivity index (χ3v) is 5.43. The van der Waals surface area contributed by atoms with Crippen molar-refractivity contribution >= 4 is 17.3 Å². The first-order valence-electron chi connectivity index (χ1n) is 10.4. The second kappa shape index (κ2) is 11.1. The lowest BCUT2D eigenvalue weighted by Crippen LogP contribution is -2.39. The molecule has 1 amide bonds. The van der Waals surface area contributed by atoms with E-state index in [1.54, 1.807) is 12.1 Å². The van der Waals surface area contributed by atoms with Gasteiger partial charge in [-0.1, -0.05) is 6.07 Å². The molecule has 1 aliphatic heterocycles. The molecular weight excluding hydrogens is 420 g/mol. The number of rotatable bonds is 9. The highest BCUT2D eigenvalue weighted by Gasteiger charge is 2.20. The van der Waals surface area contributed by atoms with Gasteiger partial charge in [-0.15, -0.1) is 0 Å². The molecule has 1 atom stereocenters. The average Bonchev–Trinajstić information content (AvgIpc) is 2.80. The Kier molecular flexibility index (Phi) is 8.24. The molecule has 1 aliphatic rings. The second-order valence-electron chi connectivity index (χ2n) is 7.59. The molecule has 9 heteroatoms. The van der Waals surface area contributed by atoms with Gasteiger partial charge in [-0.3, -0.25) is 9.69 Å². The summed E-state index contributed by atoms with van der Waals surface area (Å²) in [5.41, 5.74) is 2.63. The molecular formula is C23H29F2N3O4. The molecule has 0 unspecified atom stereocenters. The SMILES string of the molecule is COc1cc(CN(C)[C@@H](C)C(=O)Nc2ccc(N3CCOCC3)cc2)ccc1OC(F)F. The van der Waals surface area contributed by atoms with Gasteiger partial charge >= 0.3 is 6.61 Å². The van der Waals surface area contributed by atoms with E-state index in [4.69, 9.17) is 9.47 Å². The number of anilines is 2. The number of nitrogens with zero attached hydrogens (tertiary/aromatic N) is 2. The number of amides is 1. The van der Waals surface area contributed by atoms with Gasteiger partial charge in [0.15, 0.2) is 11.5 Å².